The third kappa shape index (κ3) is 5.27. The van der Waals surface area contributed by atoms with E-state index in [0.717, 1.165) is 0 Å². The van der Waals surface area contributed by atoms with Crippen molar-refractivity contribution in [2.24, 2.45) is 5.92 Å². The predicted molar refractivity (Wildman–Crippen MR) is 152 cm³/mol. The smallest absolute Gasteiger partial charge is 0.247 e. The fourth-order valence-electron chi connectivity index (χ4n) is 5.60. The molecule has 0 unspecified atom stereocenters. The second-order valence-corrected chi connectivity index (χ2v) is 10.9. The first kappa shape index (κ1) is 27.6. The van der Waals surface area contributed by atoms with Gasteiger partial charge in [0.15, 0.2) is 5.82 Å². The van der Waals surface area contributed by atoms with Crippen LogP contribution in [-0.2, 0) is 9.59 Å². The molecular weight excluding hydrogens is 564 g/mol. The van der Waals surface area contributed by atoms with Gasteiger partial charge in [0.05, 0.1) is 22.4 Å². The molecule has 2 aliphatic heterocycles. The van der Waals surface area contributed by atoms with Gasteiger partial charge in [0.1, 0.15) is 12.1 Å². The fraction of sp³-hybridized carbons (Fsp3) is 0.267. The molecule has 0 fully saturated rings. The van der Waals surface area contributed by atoms with Crippen molar-refractivity contribution in [3.63, 3.8) is 0 Å². The molecule has 2 aliphatic rings. The van der Waals surface area contributed by atoms with Crippen LogP contribution in [0.3, 0.4) is 0 Å². The van der Waals surface area contributed by atoms with E-state index in [2.05, 4.69) is 25.8 Å². The summed E-state index contributed by atoms with van der Waals surface area (Å²) in [6, 6.07) is 10.4. The Kier molecular flexibility index (Phi) is 7.51. The van der Waals surface area contributed by atoms with Gasteiger partial charge in [-0.1, -0.05) is 24.9 Å². The molecule has 2 atom stereocenters. The van der Waals surface area contributed by atoms with Gasteiger partial charge in [-0.15, -0.1) is 5.10 Å². The summed E-state index contributed by atoms with van der Waals surface area (Å²) in [6.45, 7) is 2.14. The Bertz CT molecular complexity index is 1710. The molecule has 2 amide bonds. The van der Waals surface area contributed by atoms with Crippen LogP contribution in [0.2, 0.25) is 5.02 Å². The number of aromatic nitrogens is 5. The van der Waals surface area contributed by atoms with Crippen LogP contribution in [0.1, 0.15) is 49.9 Å². The monoisotopic (exact) mass is 589 g/mol. The van der Waals surface area contributed by atoms with Gasteiger partial charge in [0.25, 0.3) is 0 Å². The molecule has 2 aromatic carbocycles. The summed E-state index contributed by atoms with van der Waals surface area (Å²) in [4.78, 5) is 33.0. The number of hydrogen-bond donors (Lipinski definition) is 1. The average molecular weight is 590 g/mol. The van der Waals surface area contributed by atoms with E-state index in [0.29, 0.717) is 66.0 Å². The highest BCUT2D eigenvalue weighted by Gasteiger charge is 2.31. The van der Waals surface area contributed by atoms with Gasteiger partial charge in [0, 0.05) is 41.5 Å². The Morgan fingerprint density at radius 3 is 2.71 bits per heavy atom. The standard InChI is InChI=1S/C30H26ClF2N7O2/c1-17-3-2-4-25(24-13-18(9-11-34-24)21-15-20(32)5-7-23(21)36-30(17)42)39-12-10-19(14-27(39)41)28-26(40-16-35-37-38-40)8-6-22(31)29(28)33/h5-9,11,13-17,25H,2-4,10,12H2,1H3,(H,36,42)/t17-,25+/m1/s1. The molecule has 1 N–H and O–H groups in total. The molecule has 6 rings (SSSR count). The summed E-state index contributed by atoms with van der Waals surface area (Å²) >= 11 is 6.13. The SMILES string of the molecule is C[C@@H]1CCC[C@H](N2CCC(c3c(-n4cnnn4)ccc(Cl)c3F)=CC2=O)c2cc(ccn2)-c2cc(F)ccc2NC1=O. The molecule has 4 heterocycles. The number of anilines is 1. The average Bonchev–Trinajstić information content (AvgIpc) is 3.52. The van der Waals surface area contributed by atoms with Gasteiger partial charge in [-0.05, 0) is 83.3 Å². The second-order valence-electron chi connectivity index (χ2n) is 10.5. The number of carbonyl (C=O) groups excluding carboxylic acids is 2. The summed E-state index contributed by atoms with van der Waals surface area (Å²) in [5, 5.41) is 14.0. The first-order chi connectivity index (χ1) is 20.3. The first-order valence-electron chi connectivity index (χ1n) is 13.6. The van der Waals surface area contributed by atoms with Crippen LogP contribution in [0.15, 0.2) is 61.1 Å². The molecule has 0 radical (unpaired) electrons. The summed E-state index contributed by atoms with van der Waals surface area (Å²) in [5.41, 5.74) is 3.36. The minimum atomic E-state index is -0.657. The molecule has 42 heavy (non-hydrogen) atoms. The normalized spacial score (nSPS) is 19.3. The van der Waals surface area contributed by atoms with Gasteiger partial charge in [-0.3, -0.25) is 14.6 Å². The number of halogens is 3. The van der Waals surface area contributed by atoms with E-state index in [4.69, 9.17) is 11.6 Å². The summed E-state index contributed by atoms with van der Waals surface area (Å²) in [5.74, 6) is -1.85. The van der Waals surface area contributed by atoms with Crippen molar-refractivity contribution >= 4 is 34.7 Å². The molecule has 0 saturated heterocycles. The minimum Gasteiger partial charge on any atom is -0.330 e. The van der Waals surface area contributed by atoms with Crippen LogP contribution in [0, 0.1) is 17.6 Å². The van der Waals surface area contributed by atoms with Crippen LogP contribution in [-0.4, -0.2) is 48.5 Å². The van der Waals surface area contributed by atoms with Gasteiger partial charge in [-0.2, -0.15) is 4.68 Å². The number of tetrazole rings is 1. The molecule has 214 valence electrons. The number of hydrogen-bond acceptors (Lipinski definition) is 6. The van der Waals surface area contributed by atoms with Gasteiger partial charge >= 0.3 is 0 Å². The van der Waals surface area contributed by atoms with E-state index in [9.17, 15) is 14.0 Å². The van der Waals surface area contributed by atoms with E-state index in [-0.39, 0.29) is 28.3 Å². The van der Waals surface area contributed by atoms with E-state index in [1.54, 1.807) is 29.3 Å². The first-order valence-corrected chi connectivity index (χ1v) is 14.0. The highest BCUT2D eigenvalue weighted by molar-refractivity contribution is 6.31. The predicted octanol–water partition coefficient (Wildman–Crippen LogP) is 5.77. The van der Waals surface area contributed by atoms with Crippen LogP contribution < -0.4 is 5.32 Å². The Labute approximate surface area is 245 Å². The van der Waals surface area contributed by atoms with E-state index in [1.807, 2.05) is 13.0 Å². The van der Waals surface area contributed by atoms with Crippen molar-refractivity contribution in [2.75, 3.05) is 11.9 Å². The topological polar surface area (TPSA) is 106 Å². The summed E-state index contributed by atoms with van der Waals surface area (Å²) < 4.78 is 31.0. The number of carbonyl (C=O) groups is 2. The van der Waals surface area contributed by atoms with Crippen molar-refractivity contribution in [1.82, 2.24) is 30.1 Å². The van der Waals surface area contributed by atoms with Gasteiger partial charge in [-0.25, -0.2) is 8.78 Å². The fourth-order valence-corrected chi connectivity index (χ4v) is 5.76. The lowest BCUT2D eigenvalue weighted by molar-refractivity contribution is -0.129. The van der Waals surface area contributed by atoms with Crippen molar-refractivity contribution in [2.45, 2.75) is 38.6 Å². The van der Waals surface area contributed by atoms with Crippen LogP contribution in [0.25, 0.3) is 22.4 Å². The van der Waals surface area contributed by atoms with Gasteiger partial charge < -0.3 is 10.2 Å². The lowest BCUT2D eigenvalue weighted by Crippen LogP contribution is -2.38. The third-order valence-electron chi connectivity index (χ3n) is 7.80. The molecule has 2 bridgehead atoms. The Balaban J connectivity index is 1.39. The van der Waals surface area contributed by atoms with Crippen molar-refractivity contribution in [3.05, 3.63) is 89.0 Å². The number of amides is 2. The molecule has 0 saturated carbocycles. The van der Waals surface area contributed by atoms with Crippen LogP contribution in [0.4, 0.5) is 14.5 Å². The van der Waals surface area contributed by atoms with Crippen LogP contribution >= 0.6 is 11.6 Å². The van der Waals surface area contributed by atoms with Crippen LogP contribution in [0.5, 0.6) is 0 Å². The Hall–Kier alpha value is -4.51. The highest BCUT2D eigenvalue weighted by Crippen LogP contribution is 2.38. The number of benzene rings is 2. The minimum absolute atomic E-state index is 0.0761. The molecule has 0 spiro atoms. The Morgan fingerprint density at radius 2 is 1.93 bits per heavy atom. The maximum atomic E-state index is 15.4. The lowest BCUT2D eigenvalue weighted by atomic mass is 9.92. The van der Waals surface area contributed by atoms with E-state index in [1.165, 1.54) is 35.3 Å². The zero-order valence-corrected chi connectivity index (χ0v) is 23.4. The molecule has 0 aliphatic carbocycles. The third-order valence-corrected chi connectivity index (χ3v) is 8.10. The van der Waals surface area contributed by atoms with E-state index < -0.39 is 17.7 Å². The molecule has 12 heteroatoms. The number of nitrogens with zero attached hydrogens (tertiary/aromatic N) is 6. The lowest BCUT2D eigenvalue weighted by Gasteiger charge is -2.35. The number of pyridine rings is 1. The van der Waals surface area contributed by atoms with Crippen molar-refractivity contribution < 1.29 is 18.4 Å². The van der Waals surface area contributed by atoms with Crippen molar-refractivity contribution in [3.8, 4) is 16.8 Å². The van der Waals surface area contributed by atoms with E-state index >= 15 is 4.39 Å². The number of fused-ring (bicyclic) bond motifs is 4. The summed E-state index contributed by atoms with van der Waals surface area (Å²) in [7, 11) is 0. The largest absolute Gasteiger partial charge is 0.330 e. The number of rotatable bonds is 3. The molecule has 4 aromatic rings. The second kappa shape index (κ2) is 11.4. The quantitative estimate of drug-likeness (QED) is 0.325. The Morgan fingerprint density at radius 1 is 1.07 bits per heavy atom. The zero-order chi connectivity index (χ0) is 29.4. The molecule has 9 nitrogen and oxygen atoms in total. The van der Waals surface area contributed by atoms with Gasteiger partial charge in [0.2, 0.25) is 11.8 Å². The zero-order valence-electron chi connectivity index (χ0n) is 22.6. The number of nitrogens with one attached hydrogen (secondary N) is 1. The maximum absolute atomic E-state index is 15.4. The van der Waals surface area contributed by atoms with Crippen molar-refractivity contribution in [1.29, 1.82) is 0 Å². The molecule has 2 aromatic heterocycles. The maximum Gasteiger partial charge on any atom is 0.247 e. The highest BCUT2D eigenvalue weighted by atomic mass is 35.5. The summed E-state index contributed by atoms with van der Waals surface area (Å²) in [6.07, 6.45) is 6.55. The molecular formula is C30H26ClF2N7O2.